The van der Waals surface area contributed by atoms with Gasteiger partial charge in [0.05, 0.1) is 6.04 Å². The molecule has 0 aliphatic rings. The average molecular weight is 325 g/mol. The van der Waals surface area contributed by atoms with Crippen LogP contribution in [0.1, 0.15) is 43.9 Å². The molecule has 0 saturated heterocycles. The van der Waals surface area contributed by atoms with E-state index in [1.165, 1.54) is 0 Å². The third kappa shape index (κ3) is 5.82. The second-order valence-corrected chi connectivity index (χ2v) is 6.04. The Hall–Kier alpha value is -2.13. The molecule has 2 atom stereocenters. The molecule has 24 heavy (non-hydrogen) atoms. The van der Waals surface area contributed by atoms with E-state index >= 15 is 0 Å². The van der Waals surface area contributed by atoms with Crippen molar-refractivity contribution in [2.75, 3.05) is 6.61 Å². The van der Waals surface area contributed by atoms with E-state index in [1.807, 2.05) is 67.6 Å². The highest BCUT2D eigenvalue weighted by Crippen LogP contribution is 2.13. The van der Waals surface area contributed by atoms with Crippen molar-refractivity contribution >= 4 is 5.91 Å². The minimum Gasteiger partial charge on any atom is -0.368 e. The van der Waals surface area contributed by atoms with Gasteiger partial charge < -0.3 is 10.1 Å². The molecule has 0 aliphatic heterocycles. The Labute approximate surface area is 145 Å². The van der Waals surface area contributed by atoms with E-state index in [-0.39, 0.29) is 11.9 Å². The van der Waals surface area contributed by atoms with Crippen molar-refractivity contribution in [2.24, 2.45) is 0 Å². The summed E-state index contributed by atoms with van der Waals surface area (Å²) in [6, 6.07) is 20.0. The highest BCUT2D eigenvalue weighted by atomic mass is 16.5. The van der Waals surface area contributed by atoms with E-state index in [0.29, 0.717) is 13.0 Å². The van der Waals surface area contributed by atoms with Crippen molar-refractivity contribution in [1.29, 1.82) is 0 Å². The standard InChI is InChI=1S/C21H27NO2/c1-3-4-15-24-20(16-18-11-7-5-8-12-18)21(23)22-17(2)19-13-9-6-10-14-19/h5-14,17,20H,3-4,15-16H2,1-2H3,(H,22,23)/t17-,20?/m0/s1. The molecule has 2 rings (SSSR count). The topological polar surface area (TPSA) is 38.3 Å². The average Bonchev–Trinajstić information content (AvgIpc) is 2.62. The van der Waals surface area contributed by atoms with E-state index in [2.05, 4.69) is 12.2 Å². The first-order valence-electron chi connectivity index (χ1n) is 8.71. The van der Waals surface area contributed by atoms with Crippen LogP contribution in [-0.2, 0) is 16.0 Å². The number of amides is 1. The van der Waals surface area contributed by atoms with Gasteiger partial charge in [-0.15, -0.1) is 0 Å². The molecule has 2 aromatic carbocycles. The van der Waals surface area contributed by atoms with Crippen molar-refractivity contribution in [3.05, 3.63) is 71.8 Å². The molecule has 128 valence electrons. The molecule has 0 aliphatic carbocycles. The van der Waals surface area contributed by atoms with Gasteiger partial charge in [-0.3, -0.25) is 4.79 Å². The first kappa shape index (κ1) is 18.2. The first-order chi connectivity index (χ1) is 11.7. The van der Waals surface area contributed by atoms with Crippen LogP contribution < -0.4 is 5.32 Å². The third-order valence-corrected chi connectivity index (χ3v) is 4.03. The first-order valence-corrected chi connectivity index (χ1v) is 8.71. The molecule has 0 fully saturated rings. The summed E-state index contributed by atoms with van der Waals surface area (Å²) in [7, 11) is 0. The van der Waals surface area contributed by atoms with Gasteiger partial charge in [-0.1, -0.05) is 74.0 Å². The Bertz CT molecular complexity index is 598. The molecular weight excluding hydrogens is 298 g/mol. The van der Waals surface area contributed by atoms with Gasteiger partial charge in [0.25, 0.3) is 0 Å². The molecule has 3 nitrogen and oxygen atoms in total. The Kier molecular flexibility index (Phi) is 7.50. The summed E-state index contributed by atoms with van der Waals surface area (Å²) in [5.74, 6) is -0.0497. The van der Waals surface area contributed by atoms with E-state index in [1.54, 1.807) is 0 Å². The normalized spacial score (nSPS) is 13.2. The van der Waals surface area contributed by atoms with Crippen LogP contribution in [-0.4, -0.2) is 18.6 Å². The number of carbonyl (C=O) groups excluding carboxylic acids is 1. The molecule has 0 heterocycles. The summed E-state index contributed by atoms with van der Waals surface area (Å²) in [5.41, 5.74) is 2.21. The van der Waals surface area contributed by atoms with Crippen LogP contribution in [0.3, 0.4) is 0 Å². The highest BCUT2D eigenvalue weighted by molar-refractivity contribution is 5.81. The molecule has 0 aromatic heterocycles. The number of unbranched alkanes of at least 4 members (excludes halogenated alkanes) is 1. The monoisotopic (exact) mass is 325 g/mol. The van der Waals surface area contributed by atoms with Crippen LogP contribution in [0, 0.1) is 0 Å². The second-order valence-electron chi connectivity index (χ2n) is 6.04. The zero-order valence-corrected chi connectivity index (χ0v) is 14.6. The third-order valence-electron chi connectivity index (χ3n) is 4.03. The van der Waals surface area contributed by atoms with E-state index in [4.69, 9.17) is 4.74 Å². The van der Waals surface area contributed by atoms with E-state index in [9.17, 15) is 4.79 Å². The summed E-state index contributed by atoms with van der Waals surface area (Å²) in [6.45, 7) is 4.73. The Morgan fingerprint density at radius 1 is 1.04 bits per heavy atom. The predicted octanol–water partition coefficient (Wildman–Crippen LogP) is 4.29. The van der Waals surface area contributed by atoms with Gasteiger partial charge >= 0.3 is 0 Å². The lowest BCUT2D eigenvalue weighted by atomic mass is 10.1. The molecule has 0 spiro atoms. The van der Waals surface area contributed by atoms with Crippen LogP contribution in [0.4, 0.5) is 0 Å². The summed E-state index contributed by atoms with van der Waals surface area (Å²) in [4.78, 5) is 12.7. The molecule has 0 radical (unpaired) electrons. The molecule has 0 bridgehead atoms. The van der Waals surface area contributed by atoms with E-state index in [0.717, 1.165) is 24.0 Å². The molecular formula is C21H27NO2. The Balaban J connectivity index is 2.00. The predicted molar refractivity (Wildman–Crippen MR) is 97.8 cm³/mol. The number of nitrogens with one attached hydrogen (secondary N) is 1. The Morgan fingerprint density at radius 2 is 1.67 bits per heavy atom. The number of ether oxygens (including phenoxy) is 1. The van der Waals surface area contributed by atoms with Crippen LogP contribution in [0.2, 0.25) is 0 Å². The number of benzene rings is 2. The molecule has 0 saturated carbocycles. The largest absolute Gasteiger partial charge is 0.368 e. The fourth-order valence-electron chi connectivity index (χ4n) is 2.56. The maximum atomic E-state index is 12.7. The van der Waals surface area contributed by atoms with Crippen LogP contribution in [0.15, 0.2) is 60.7 Å². The van der Waals surface area contributed by atoms with Crippen LogP contribution in [0.25, 0.3) is 0 Å². The SMILES string of the molecule is CCCCOC(Cc1ccccc1)C(=O)N[C@@H](C)c1ccccc1. The van der Waals surface area contributed by atoms with Gasteiger partial charge in [0.2, 0.25) is 5.91 Å². The fraction of sp³-hybridized carbons (Fsp3) is 0.381. The number of rotatable bonds is 9. The lowest BCUT2D eigenvalue weighted by Crippen LogP contribution is -2.39. The van der Waals surface area contributed by atoms with Gasteiger partial charge in [0.15, 0.2) is 0 Å². The van der Waals surface area contributed by atoms with Gasteiger partial charge in [0.1, 0.15) is 6.10 Å². The van der Waals surface area contributed by atoms with Crippen molar-refractivity contribution in [2.45, 2.75) is 45.3 Å². The molecule has 1 unspecified atom stereocenters. The van der Waals surface area contributed by atoms with Gasteiger partial charge in [0, 0.05) is 13.0 Å². The van der Waals surface area contributed by atoms with Crippen LogP contribution >= 0.6 is 0 Å². The second kappa shape index (κ2) is 9.89. The maximum absolute atomic E-state index is 12.7. The number of hydrogen-bond acceptors (Lipinski definition) is 2. The zero-order chi connectivity index (χ0) is 17.2. The zero-order valence-electron chi connectivity index (χ0n) is 14.6. The quantitative estimate of drug-likeness (QED) is 0.698. The fourth-order valence-corrected chi connectivity index (χ4v) is 2.56. The highest BCUT2D eigenvalue weighted by Gasteiger charge is 2.21. The van der Waals surface area contributed by atoms with Crippen molar-refractivity contribution in [3.8, 4) is 0 Å². The Morgan fingerprint density at radius 3 is 2.29 bits per heavy atom. The number of hydrogen-bond donors (Lipinski definition) is 1. The molecule has 1 amide bonds. The van der Waals surface area contributed by atoms with Gasteiger partial charge in [-0.25, -0.2) is 0 Å². The molecule has 3 heteroatoms. The smallest absolute Gasteiger partial charge is 0.249 e. The van der Waals surface area contributed by atoms with Gasteiger partial charge in [-0.05, 0) is 24.5 Å². The molecule has 1 N–H and O–H groups in total. The lowest BCUT2D eigenvalue weighted by molar-refractivity contribution is -0.133. The van der Waals surface area contributed by atoms with Crippen molar-refractivity contribution < 1.29 is 9.53 Å². The minimum absolute atomic E-state index is 0.0354. The summed E-state index contributed by atoms with van der Waals surface area (Å²) in [6.07, 6.45) is 2.16. The van der Waals surface area contributed by atoms with Crippen LogP contribution in [0.5, 0.6) is 0 Å². The summed E-state index contributed by atoms with van der Waals surface area (Å²) in [5, 5.41) is 3.08. The summed E-state index contributed by atoms with van der Waals surface area (Å²) >= 11 is 0. The minimum atomic E-state index is -0.454. The van der Waals surface area contributed by atoms with Crippen molar-refractivity contribution in [3.63, 3.8) is 0 Å². The number of carbonyl (C=O) groups is 1. The van der Waals surface area contributed by atoms with E-state index < -0.39 is 6.10 Å². The maximum Gasteiger partial charge on any atom is 0.249 e. The molecule has 2 aromatic rings. The van der Waals surface area contributed by atoms with Gasteiger partial charge in [-0.2, -0.15) is 0 Å². The summed E-state index contributed by atoms with van der Waals surface area (Å²) < 4.78 is 5.87. The lowest BCUT2D eigenvalue weighted by Gasteiger charge is -2.21. The van der Waals surface area contributed by atoms with Crippen molar-refractivity contribution in [1.82, 2.24) is 5.32 Å².